The van der Waals surface area contributed by atoms with Gasteiger partial charge >= 0.3 is 0 Å². The van der Waals surface area contributed by atoms with Crippen molar-refractivity contribution in [1.82, 2.24) is 5.06 Å². The normalized spacial score (nSPS) is 9.46. The summed E-state index contributed by atoms with van der Waals surface area (Å²) in [5.41, 5.74) is 0. The SMILES string of the molecule is CCCCN(CCCC)O[C-]=O.[Mo]. The van der Waals surface area contributed by atoms with Gasteiger partial charge in [-0.15, -0.1) is 0 Å². The van der Waals surface area contributed by atoms with E-state index in [1.54, 1.807) is 5.06 Å². The Balaban J connectivity index is 0. The summed E-state index contributed by atoms with van der Waals surface area (Å²) in [6.07, 6.45) is 4.35. The average molecular weight is 268 g/mol. The molecule has 0 atom stereocenters. The minimum Gasteiger partial charge on any atom is -0.569 e. The minimum atomic E-state index is 0. The first-order valence-corrected chi connectivity index (χ1v) is 4.64. The summed E-state index contributed by atoms with van der Waals surface area (Å²) in [6, 6.07) is 0. The van der Waals surface area contributed by atoms with Gasteiger partial charge in [-0.25, -0.2) is 0 Å². The van der Waals surface area contributed by atoms with Gasteiger partial charge in [-0.3, -0.25) is 0 Å². The Kier molecular flexibility index (Phi) is 14.5. The molecule has 4 heteroatoms. The second-order valence-electron chi connectivity index (χ2n) is 2.81. The van der Waals surface area contributed by atoms with Crippen LogP contribution in [0.2, 0.25) is 0 Å². The minimum absolute atomic E-state index is 0. The van der Waals surface area contributed by atoms with Gasteiger partial charge in [0.1, 0.15) is 0 Å². The second-order valence-corrected chi connectivity index (χ2v) is 2.81. The number of hydrogen-bond donors (Lipinski definition) is 0. The molecule has 0 radical (unpaired) electrons. The Morgan fingerprint density at radius 1 is 1.15 bits per heavy atom. The Morgan fingerprint density at radius 3 is 1.92 bits per heavy atom. The number of unbranched alkanes of at least 4 members (excludes halogenated alkanes) is 2. The molecule has 0 heterocycles. The predicted octanol–water partition coefficient (Wildman–Crippen LogP) is 1.88. The molecule has 0 fully saturated rings. The zero-order chi connectivity index (χ0) is 9.23. The van der Waals surface area contributed by atoms with Crippen LogP contribution in [-0.4, -0.2) is 24.6 Å². The summed E-state index contributed by atoms with van der Waals surface area (Å²) in [5, 5.41) is 1.68. The molecule has 0 aliphatic carbocycles. The molecular formula is C9H18MoNO2-. The van der Waals surface area contributed by atoms with Crippen LogP contribution in [-0.2, 0) is 30.7 Å². The molecule has 0 aliphatic rings. The van der Waals surface area contributed by atoms with Gasteiger partial charge in [0.2, 0.25) is 0 Å². The van der Waals surface area contributed by atoms with Crippen LogP contribution in [0, 0.1) is 0 Å². The second kappa shape index (κ2) is 12.1. The monoisotopic (exact) mass is 270 g/mol. The summed E-state index contributed by atoms with van der Waals surface area (Å²) in [5.74, 6) is 0. The van der Waals surface area contributed by atoms with Gasteiger partial charge in [0.15, 0.2) is 0 Å². The maximum atomic E-state index is 9.95. The maximum Gasteiger partial charge on any atom is 0.0311 e. The van der Waals surface area contributed by atoms with E-state index in [9.17, 15) is 4.79 Å². The topological polar surface area (TPSA) is 29.5 Å². The number of carbonyl (C=O) groups excluding carboxylic acids is 1. The molecule has 0 aromatic carbocycles. The van der Waals surface area contributed by atoms with E-state index in [-0.39, 0.29) is 21.1 Å². The van der Waals surface area contributed by atoms with Crippen LogP contribution < -0.4 is 0 Å². The van der Waals surface area contributed by atoms with Crippen molar-refractivity contribution in [3.8, 4) is 0 Å². The van der Waals surface area contributed by atoms with E-state index in [0.29, 0.717) is 0 Å². The van der Waals surface area contributed by atoms with Crippen molar-refractivity contribution in [2.75, 3.05) is 13.1 Å². The van der Waals surface area contributed by atoms with Crippen molar-refractivity contribution in [2.24, 2.45) is 0 Å². The molecule has 0 N–H and O–H groups in total. The summed E-state index contributed by atoms with van der Waals surface area (Å²) < 4.78 is 0. The van der Waals surface area contributed by atoms with Gasteiger partial charge < -0.3 is 9.63 Å². The van der Waals surface area contributed by atoms with Crippen molar-refractivity contribution in [3.05, 3.63) is 0 Å². The van der Waals surface area contributed by atoms with E-state index >= 15 is 0 Å². The first kappa shape index (κ1) is 15.6. The molecule has 0 aromatic heterocycles. The smallest absolute Gasteiger partial charge is 0.0311 e. The Labute approximate surface area is 95.0 Å². The van der Waals surface area contributed by atoms with Crippen LogP contribution in [0.25, 0.3) is 0 Å². The van der Waals surface area contributed by atoms with Crippen LogP contribution in [0.4, 0.5) is 0 Å². The van der Waals surface area contributed by atoms with Crippen LogP contribution in [0.1, 0.15) is 39.5 Å². The summed E-state index contributed by atoms with van der Waals surface area (Å²) in [6.45, 7) is 7.34. The molecule has 0 rings (SSSR count). The molecular weight excluding hydrogens is 250 g/mol. The fourth-order valence-corrected chi connectivity index (χ4v) is 0.925. The number of hydroxylamine groups is 2. The van der Waals surface area contributed by atoms with E-state index in [2.05, 4.69) is 18.7 Å². The van der Waals surface area contributed by atoms with Crippen molar-refractivity contribution in [2.45, 2.75) is 39.5 Å². The zero-order valence-electron chi connectivity index (χ0n) is 8.41. The molecule has 0 bridgehead atoms. The van der Waals surface area contributed by atoms with Crippen molar-refractivity contribution in [3.63, 3.8) is 0 Å². The summed E-state index contributed by atoms with van der Waals surface area (Å²) in [7, 11) is 0. The van der Waals surface area contributed by atoms with Gasteiger partial charge in [0.25, 0.3) is 0 Å². The van der Waals surface area contributed by atoms with Gasteiger partial charge in [-0.1, -0.05) is 26.7 Å². The Bertz CT molecular complexity index is 104. The standard InChI is InChI=1S/C9H18NO2.Mo/c1-3-5-7-10(12-9-11)8-6-4-2;/h3-8H2,1-2H3;/q-1;. The Morgan fingerprint density at radius 2 is 1.62 bits per heavy atom. The van der Waals surface area contributed by atoms with Crippen molar-refractivity contribution < 1.29 is 30.7 Å². The first-order chi connectivity index (χ1) is 5.85. The van der Waals surface area contributed by atoms with Gasteiger partial charge in [-0.05, 0) is 19.3 Å². The number of hydrogen-bond acceptors (Lipinski definition) is 3. The first-order valence-electron chi connectivity index (χ1n) is 4.64. The molecule has 0 saturated heterocycles. The summed E-state index contributed by atoms with van der Waals surface area (Å²) in [4.78, 5) is 14.6. The van der Waals surface area contributed by atoms with Gasteiger partial charge in [0.05, 0.1) is 0 Å². The molecule has 0 unspecified atom stereocenters. The third-order valence-corrected chi connectivity index (χ3v) is 1.69. The van der Waals surface area contributed by atoms with E-state index in [1.165, 1.54) is 6.47 Å². The quantitative estimate of drug-likeness (QED) is 0.382. The van der Waals surface area contributed by atoms with E-state index < -0.39 is 0 Å². The van der Waals surface area contributed by atoms with Crippen molar-refractivity contribution >= 4 is 6.47 Å². The average Bonchev–Trinajstić information content (AvgIpc) is 2.10. The predicted molar refractivity (Wildman–Crippen MR) is 48.2 cm³/mol. The van der Waals surface area contributed by atoms with Crippen LogP contribution in [0.5, 0.6) is 0 Å². The third kappa shape index (κ3) is 10.0. The van der Waals surface area contributed by atoms with E-state index in [0.717, 1.165) is 38.8 Å². The maximum absolute atomic E-state index is 9.95. The fourth-order valence-electron chi connectivity index (χ4n) is 0.925. The van der Waals surface area contributed by atoms with Gasteiger partial charge in [0, 0.05) is 34.2 Å². The van der Waals surface area contributed by atoms with Crippen LogP contribution in [0.15, 0.2) is 0 Å². The molecule has 0 spiro atoms. The number of nitrogens with zero attached hydrogens (tertiary/aromatic N) is 1. The van der Waals surface area contributed by atoms with Crippen LogP contribution >= 0.6 is 0 Å². The Hall–Kier alpha value is 0.118. The molecule has 78 valence electrons. The third-order valence-electron chi connectivity index (χ3n) is 1.69. The fraction of sp³-hybridized carbons (Fsp3) is 0.889. The summed E-state index contributed by atoms with van der Waals surface area (Å²) >= 11 is 0. The van der Waals surface area contributed by atoms with Crippen LogP contribution in [0.3, 0.4) is 0 Å². The largest absolute Gasteiger partial charge is 0.569 e. The molecule has 13 heavy (non-hydrogen) atoms. The molecule has 0 aromatic rings. The zero-order valence-corrected chi connectivity index (χ0v) is 10.4. The molecule has 0 amide bonds. The number of rotatable bonds is 8. The van der Waals surface area contributed by atoms with Gasteiger partial charge in [-0.2, -0.15) is 5.06 Å². The van der Waals surface area contributed by atoms with E-state index in [4.69, 9.17) is 0 Å². The molecule has 0 saturated carbocycles. The van der Waals surface area contributed by atoms with Crippen molar-refractivity contribution in [1.29, 1.82) is 0 Å². The molecule has 3 nitrogen and oxygen atoms in total. The molecule has 0 aliphatic heterocycles. The van der Waals surface area contributed by atoms with E-state index in [1.807, 2.05) is 0 Å².